The van der Waals surface area contributed by atoms with Crippen LogP contribution in [0.3, 0.4) is 0 Å². The van der Waals surface area contributed by atoms with Gasteiger partial charge in [-0.1, -0.05) is 102 Å². The normalized spacial score (nSPS) is 22.8. The molecular formula is C36H66O9. The van der Waals surface area contributed by atoms with Gasteiger partial charge in [-0.15, -0.1) is 0 Å². The highest BCUT2D eigenvalue weighted by Gasteiger charge is 2.44. The number of unbranched alkanes of at least 4 members (excludes halogenated alkanes) is 14. The second-order valence-corrected chi connectivity index (χ2v) is 12.3. The van der Waals surface area contributed by atoms with Gasteiger partial charge in [-0.25, -0.2) is 0 Å². The molecule has 0 aromatic carbocycles. The van der Waals surface area contributed by atoms with E-state index in [4.69, 9.17) is 18.9 Å². The highest BCUT2D eigenvalue weighted by atomic mass is 16.7. The molecule has 6 atom stereocenters. The summed E-state index contributed by atoms with van der Waals surface area (Å²) in [6.45, 7) is 4.42. The van der Waals surface area contributed by atoms with Crippen molar-refractivity contribution in [1.29, 1.82) is 0 Å². The quantitative estimate of drug-likeness (QED) is 0.0421. The van der Waals surface area contributed by atoms with Crippen LogP contribution in [-0.4, -0.2) is 89.6 Å². The molecule has 0 radical (unpaired) electrons. The highest BCUT2D eigenvalue weighted by Crippen LogP contribution is 2.22. The topological polar surface area (TPSA) is 135 Å². The molecule has 0 aromatic rings. The lowest BCUT2D eigenvalue weighted by Gasteiger charge is -2.39. The average molecular weight is 643 g/mol. The molecule has 1 rings (SSSR count). The van der Waals surface area contributed by atoms with Crippen LogP contribution in [0.1, 0.15) is 136 Å². The maximum atomic E-state index is 12.6. The molecule has 1 aliphatic rings. The first-order valence-electron chi connectivity index (χ1n) is 17.9. The Morgan fingerprint density at radius 3 is 1.89 bits per heavy atom. The molecule has 1 heterocycles. The summed E-state index contributed by atoms with van der Waals surface area (Å²) in [4.78, 5) is 12.6. The minimum absolute atomic E-state index is 0.118. The van der Waals surface area contributed by atoms with Crippen molar-refractivity contribution < 1.29 is 44.2 Å². The van der Waals surface area contributed by atoms with Gasteiger partial charge in [0.25, 0.3) is 0 Å². The Labute approximate surface area is 273 Å². The molecule has 1 aliphatic heterocycles. The summed E-state index contributed by atoms with van der Waals surface area (Å²) in [6, 6.07) is 0. The van der Waals surface area contributed by atoms with Crippen LogP contribution >= 0.6 is 0 Å². The number of carbonyl (C=O) groups is 1. The Morgan fingerprint density at radius 2 is 1.27 bits per heavy atom. The van der Waals surface area contributed by atoms with E-state index < -0.39 is 43.4 Å². The Kier molecular flexibility index (Phi) is 26.7. The fourth-order valence-electron chi connectivity index (χ4n) is 5.18. The van der Waals surface area contributed by atoms with Crippen LogP contribution in [0.5, 0.6) is 0 Å². The van der Waals surface area contributed by atoms with Gasteiger partial charge in [0.15, 0.2) is 6.29 Å². The first-order chi connectivity index (χ1) is 21.9. The van der Waals surface area contributed by atoms with Gasteiger partial charge in [-0.2, -0.15) is 0 Å². The third kappa shape index (κ3) is 21.2. The number of esters is 1. The molecule has 0 bridgehead atoms. The monoisotopic (exact) mass is 642 g/mol. The van der Waals surface area contributed by atoms with Gasteiger partial charge >= 0.3 is 5.97 Å². The zero-order chi connectivity index (χ0) is 33.0. The molecule has 0 aromatic heterocycles. The lowest BCUT2D eigenvalue weighted by Crippen LogP contribution is -2.59. The molecule has 1 fully saturated rings. The zero-order valence-corrected chi connectivity index (χ0v) is 28.4. The largest absolute Gasteiger partial charge is 0.457 e. The van der Waals surface area contributed by atoms with E-state index in [1.54, 1.807) is 0 Å². The van der Waals surface area contributed by atoms with E-state index in [1.807, 2.05) is 0 Å². The number of allylic oxidation sites excluding steroid dienone is 4. The van der Waals surface area contributed by atoms with E-state index in [2.05, 4.69) is 38.2 Å². The standard InChI is InChI=1S/C36H66O9/c1-3-5-7-9-11-13-15-17-19-21-23-25-32(38)44-30(29-43-36-35(41)34(40)33(39)31(27-37)45-36)28-42-26-24-22-20-18-16-14-12-10-8-6-4-2/h8-11,30-31,33-37,39-41H,3-7,12-29H2,1-2H3/b10-8-,11-9-. The summed E-state index contributed by atoms with van der Waals surface area (Å²) in [5.74, 6) is -0.329. The molecule has 0 amide bonds. The number of carbonyl (C=O) groups excluding carboxylic acids is 1. The molecule has 0 aliphatic carbocycles. The summed E-state index contributed by atoms with van der Waals surface area (Å²) in [7, 11) is 0. The van der Waals surface area contributed by atoms with Crippen LogP contribution in [0.15, 0.2) is 24.3 Å². The molecule has 264 valence electrons. The maximum Gasteiger partial charge on any atom is 0.306 e. The van der Waals surface area contributed by atoms with Crippen molar-refractivity contribution in [3.05, 3.63) is 24.3 Å². The number of ether oxygens (including phenoxy) is 4. The summed E-state index contributed by atoms with van der Waals surface area (Å²) in [5.41, 5.74) is 0. The summed E-state index contributed by atoms with van der Waals surface area (Å²) >= 11 is 0. The van der Waals surface area contributed by atoms with Crippen LogP contribution in [0.25, 0.3) is 0 Å². The Bertz CT molecular complexity index is 742. The van der Waals surface area contributed by atoms with Gasteiger partial charge in [0.1, 0.15) is 30.5 Å². The molecule has 9 heteroatoms. The number of aliphatic hydroxyl groups is 4. The van der Waals surface area contributed by atoms with E-state index in [-0.39, 0.29) is 19.2 Å². The molecule has 0 saturated carbocycles. The van der Waals surface area contributed by atoms with Crippen molar-refractivity contribution >= 4 is 5.97 Å². The van der Waals surface area contributed by atoms with Crippen molar-refractivity contribution in [2.45, 2.75) is 173 Å². The third-order valence-corrected chi connectivity index (χ3v) is 8.07. The fraction of sp³-hybridized carbons (Fsp3) is 0.861. The van der Waals surface area contributed by atoms with Crippen LogP contribution in [0.2, 0.25) is 0 Å². The molecule has 1 saturated heterocycles. The second kappa shape index (κ2) is 28.9. The van der Waals surface area contributed by atoms with Crippen molar-refractivity contribution in [2.75, 3.05) is 26.4 Å². The predicted octanol–water partition coefficient (Wildman–Crippen LogP) is 6.30. The molecule has 9 nitrogen and oxygen atoms in total. The Morgan fingerprint density at radius 1 is 0.689 bits per heavy atom. The van der Waals surface area contributed by atoms with Gasteiger partial charge in [0.05, 0.1) is 19.8 Å². The smallest absolute Gasteiger partial charge is 0.306 e. The van der Waals surface area contributed by atoms with E-state index in [0.29, 0.717) is 13.0 Å². The van der Waals surface area contributed by atoms with Gasteiger partial charge in [0.2, 0.25) is 0 Å². The minimum Gasteiger partial charge on any atom is -0.457 e. The zero-order valence-electron chi connectivity index (χ0n) is 28.4. The number of rotatable bonds is 29. The van der Waals surface area contributed by atoms with Crippen LogP contribution in [-0.2, 0) is 23.7 Å². The van der Waals surface area contributed by atoms with Gasteiger partial charge < -0.3 is 39.4 Å². The first-order valence-corrected chi connectivity index (χ1v) is 17.9. The molecule has 6 unspecified atom stereocenters. The number of hydrogen-bond acceptors (Lipinski definition) is 9. The molecule has 4 N–H and O–H groups in total. The van der Waals surface area contributed by atoms with E-state index in [0.717, 1.165) is 70.6 Å². The van der Waals surface area contributed by atoms with Crippen molar-refractivity contribution in [3.8, 4) is 0 Å². The minimum atomic E-state index is -1.53. The van der Waals surface area contributed by atoms with Crippen molar-refractivity contribution in [1.82, 2.24) is 0 Å². The van der Waals surface area contributed by atoms with Gasteiger partial charge in [-0.3, -0.25) is 4.79 Å². The maximum absolute atomic E-state index is 12.6. The average Bonchev–Trinajstić information content (AvgIpc) is 3.04. The Balaban J connectivity index is 2.38. The SMILES string of the molecule is CCC/C=C\CCCCCCCCOCC(COC1OC(CO)C(O)C(O)C1O)OC(=O)CCCCCCC/C=C\CCCC. The van der Waals surface area contributed by atoms with E-state index in [1.165, 1.54) is 44.9 Å². The summed E-state index contributed by atoms with van der Waals surface area (Å²) < 4.78 is 22.6. The first kappa shape index (κ1) is 41.7. The molecule has 45 heavy (non-hydrogen) atoms. The fourth-order valence-corrected chi connectivity index (χ4v) is 5.18. The van der Waals surface area contributed by atoms with E-state index in [9.17, 15) is 25.2 Å². The van der Waals surface area contributed by atoms with Gasteiger partial charge in [-0.05, 0) is 51.4 Å². The van der Waals surface area contributed by atoms with Crippen LogP contribution in [0, 0.1) is 0 Å². The van der Waals surface area contributed by atoms with Crippen molar-refractivity contribution in [2.24, 2.45) is 0 Å². The van der Waals surface area contributed by atoms with E-state index >= 15 is 0 Å². The Hall–Kier alpha value is -1.33. The van der Waals surface area contributed by atoms with Crippen LogP contribution in [0.4, 0.5) is 0 Å². The predicted molar refractivity (Wildman–Crippen MR) is 178 cm³/mol. The lowest BCUT2D eigenvalue weighted by atomic mass is 9.99. The highest BCUT2D eigenvalue weighted by molar-refractivity contribution is 5.69. The lowest BCUT2D eigenvalue weighted by molar-refractivity contribution is -0.305. The number of aliphatic hydroxyl groups excluding tert-OH is 4. The molecule has 0 spiro atoms. The second-order valence-electron chi connectivity index (χ2n) is 12.3. The molecular weight excluding hydrogens is 576 g/mol. The summed E-state index contributed by atoms with van der Waals surface area (Å²) in [5, 5.41) is 39.8. The number of hydrogen-bond donors (Lipinski definition) is 4. The third-order valence-electron chi connectivity index (χ3n) is 8.07. The van der Waals surface area contributed by atoms with Gasteiger partial charge in [0, 0.05) is 13.0 Å². The van der Waals surface area contributed by atoms with Crippen molar-refractivity contribution in [3.63, 3.8) is 0 Å². The van der Waals surface area contributed by atoms with Crippen LogP contribution < -0.4 is 0 Å². The summed E-state index contributed by atoms with van der Waals surface area (Å²) in [6.07, 6.45) is 22.0.